The highest BCUT2D eigenvalue weighted by Gasteiger charge is 2.11. The highest BCUT2D eigenvalue weighted by atomic mass is 32.1. The summed E-state index contributed by atoms with van der Waals surface area (Å²) in [5.41, 5.74) is 0. The molecule has 4 heteroatoms. The van der Waals surface area contributed by atoms with Gasteiger partial charge >= 0.3 is 0 Å². The zero-order valence-corrected chi connectivity index (χ0v) is 13.1. The van der Waals surface area contributed by atoms with Crippen LogP contribution in [0.15, 0.2) is 0 Å². The summed E-state index contributed by atoms with van der Waals surface area (Å²) in [6.07, 6.45) is 0. The Kier molecular flexibility index (Phi) is 8.52. The largest absolute Gasteiger partial charge is 0.362 e. The molecule has 0 aliphatic carbocycles. The maximum atomic E-state index is 5.46. The second-order valence-electron chi connectivity index (χ2n) is 5.72. The smallest absolute Gasteiger partial charge is 0.168 e. The fraction of sp³-hybridized carbons (Fsp3) is 0.923. The number of likely N-dealkylation sites (N-methyl/N-ethyl adjacent to an activating group) is 1. The molecule has 0 saturated heterocycles. The second-order valence-corrected chi connectivity index (χ2v) is 6.11. The van der Waals surface area contributed by atoms with Gasteiger partial charge in [0, 0.05) is 26.2 Å². The van der Waals surface area contributed by atoms with Crippen molar-refractivity contribution in [3.63, 3.8) is 0 Å². The maximum absolute atomic E-state index is 5.46. The molecule has 0 amide bonds. The van der Waals surface area contributed by atoms with Gasteiger partial charge in [-0.05, 0) is 38.1 Å². The summed E-state index contributed by atoms with van der Waals surface area (Å²) in [5, 5.41) is 4.25. The van der Waals surface area contributed by atoms with Gasteiger partial charge in [0.1, 0.15) is 0 Å². The first-order chi connectivity index (χ1) is 7.82. The average Bonchev–Trinajstić information content (AvgIpc) is 2.19. The molecule has 0 aromatic heterocycles. The monoisotopic (exact) mass is 259 g/mol. The van der Waals surface area contributed by atoms with Crippen LogP contribution in [0.3, 0.4) is 0 Å². The Morgan fingerprint density at radius 2 is 1.65 bits per heavy atom. The van der Waals surface area contributed by atoms with Crippen LogP contribution in [-0.2, 0) is 0 Å². The van der Waals surface area contributed by atoms with Gasteiger partial charge in [-0.15, -0.1) is 0 Å². The lowest BCUT2D eigenvalue weighted by molar-refractivity contribution is 0.304. The number of hydrogen-bond acceptors (Lipinski definition) is 2. The fourth-order valence-electron chi connectivity index (χ4n) is 1.44. The van der Waals surface area contributed by atoms with Crippen LogP contribution in [0.4, 0.5) is 0 Å². The normalized spacial score (nSPS) is 11.4. The van der Waals surface area contributed by atoms with Gasteiger partial charge in [0.2, 0.25) is 0 Å². The van der Waals surface area contributed by atoms with E-state index < -0.39 is 0 Å². The van der Waals surface area contributed by atoms with E-state index in [0.717, 1.165) is 31.3 Å². The van der Waals surface area contributed by atoms with Gasteiger partial charge in [0.15, 0.2) is 5.11 Å². The summed E-state index contributed by atoms with van der Waals surface area (Å²) in [7, 11) is 4.19. The number of hydrogen-bond donors (Lipinski definition) is 1. The molecule has 0 aromatic carbocycles. The third kappa shape index (κ3) is 9.36. The van der Waals surface area contributed by atoms with E-state index >= 15 is 0 Å². The van der Waals surface area contributed by atoms with Crippen molar-refractivity contribution in [2.45, 2.75) is 27.7 Å². The molecule has 0 aliphatic rings. The zero-order valence-electron chi connectivity index (χ0n) is 12.3. The molecule has 0 bridgehead atoms. The molecule has 0 fully saturated rings. The van der Waals surface area contributed by atoms with Gasteiger partial charge in [0.25, 0.3) is 0 Å². The van der Waals surface area contributed by atoms with Crippen molar-refractivity contribution in [2.24, 2.45) is 11.8 Å². The van der Waals surface area contributed by atoms with E-state index in [0.29, 0.717) is 11.8 Å². The van der Waals surface area contributed by atoms with Crippen molar-refractivity contribution in [3.05, 3.63) is 0 Å². The number of nitrogens with one attached hydrogen (secondary N) is 1. The minimum Gasteiger partial charge on any atom is -0.362 e. The number of rotatable bonds is 7. The molecule has 102 valence electrons. The van der Waals surface area contributed by atoms with Crippen LogP contribution in [0.25, 0.3) is 0 Å². The van der Waals surface area contributed by atoms with Crippen LogP contribution in [-0.4, -0.2) is 55.2 Å². The predicted molar refractivity (Wildman–Crippen MR) is 80.4 cm³/mol. The van der Waals surface area contributed by atoms with Gasteiger partial charge in [-0.25, -0.2) is 0 Å². The molecule has 0 aliphatic heterocycles. The molecule has 0 atom stereocenters. The summed E-state index contributed by atoms with van der Waals surface area (Å²) in [6, 6.07) is 0. The predicted octanol–water partition coefficient (Wildman–Crippen LogP) is 2.04. The highest BCUT2D eigenvalue weighted by molar-refractivity contribution is 7.80. The third-order valence-electron chi connectivity index (χ3n) is 2.35. The molecule has 3 nitrogen and oxygen atoms in total. The van der Waals surface area contributed by atoms with E-state index in [4.69, 9.17) is 12.2 Å². The first-order valence-corrected chi connectivity index (χ1v) is 6.91. The van der Waals surface area contributed by atoms with E-state index in [1.165, 1.54) is 0 Å². The average molecular weight is 259 g/mol. The first-order valence-electron chi connectivity index (χ1n) is 6.50. The van der Waals surface area contributed by atoms with Crippen LogP contribution in [0.5, 0.6) is 0 Å². The van der Waals surface area contributed by atoms with E-state index in [9.17, 15) is 0 Å². The van der Waals surface area contributed by atoms with Gasteiger partial charge in [0.05, 0.1) is 0 Å². The molecule has 0 rings (SSSR count). The summed E-state index contributed by atoms with van der Waals surface area (Å²) in [4.78, 5) is 4.47. The molecule has 0 spiro atoms. The van der Waals surface area contributed by atoms with Gasteiger partial charge in [-0.3, -0.25) is 0 Å². The molecule has 0 saturated carbocycles. The van der Waals surface area contributed by atoms with Crippen molar-refractivity contribution >= 4 is 17.3 Å². The summed E-state index contributed by atoms with van der Waals surface area (Å²) >= 11 is 5.46. The Balaban J connectivity index is 4.19. The fourth-order valence-corrected chi connectivity index (χ4v) is 1.69. The van der Waals surface area contributed by atoms with E-state index in [1.54, 1.807) is 0 Å². The molecule has 1 N–H and O–H groups in total. The Labute approximate surface area is 113 Å². The SMILES string of the molecule is CC(C)CNC(=S)N(CCN(C)C)CC(C)C. The molecule has 0 heterocycles. The Bertz CT molecular complexity index is 215. The molecule has 0 aromatic rings. The van der Waals surface area contributed by atoms with Crippen molar-refractivity contribution in [1.29, 1.82) is 0 Å². The van der Waals surface area contributed by atoms with Crippen LogP contribution in [0.2, 0.25) is 0 Å². The van der Waals surface area contributed by atoms with Crippen molar-refractivity contribution in [1.82, 2.24) is 15.1 Å². The third-order valence-corrected chi connectivity index (χ3v) is 2.75. The number of thiocarbonyl (C=S) groups is 1. The Morgan fingerprint density at radius 1 is 1.06 bits per heavy atom. The summed E-state index contributed by atoms with van der Waals surface area (Å²) in [5.74, 6) is 1.26. The molecule has 0 unspecified atom stereocenters. The Morgan fingerprint density at radius 3 is 2.06 bits per heavy atom. The van der Waals surface area contributed by atoms with Crippen LogP contribution in [0, 0.1) is 11.8 Å². The zero-order chi connectivity index (χ0) is 13.4. The minimum absolute atomic E-state index is 0.627. The quantitative estimate of drug-likeness (QED) is 0.705. The molecule has 0 radical (unpaired) electrons. The van der Waals surface area contributed by atoms with Crippen molar-refractivity contribution < 1.29 is 0 Å². The standard InChI is InChI=1S/C13H29N3S/c1-11(2)9-14-13(17)16(10-12(3)4)8-7-15(5)6/h11-12H,7-10H2,1-6H3,(H,14,17). The highest BCUT2D eigenvalue weighted by Crippen LogP contribution is 2.00. The topological polar surface area (TPSA) is 18.5 Å². The van der Waals surface area contributed by atoms with Gasteiger partial charge < -0.3 is 15.1 Å². The second kappa shape index (κ2) is 8.70. The maximum Gasteiger partial charge on any atom is 0.168 e. The van der Waals surface area contributed by atoms with Crippen LogP contribution in [0.1, 0.15) is 27.7 Å². The summed E-state index contributed by atoms with van der Waals surface area (Å²) in [6.45, 7) is 12.9. The van der Waals surface area contributed by atoms with E-state index in [1.807, 2.05) is 0 Å². The van der Waals surface area contributed by atoms with E-state index in [-0.39, 0.29) is 0 Å². The molecular formula is C13H29N3S. The lowest BCUT2D eigenvalue weighted by Gasteiger charge is -2.29. The first kappa shape index (κ1) is 16.6. The minimum atomic E-state index is 0.627. The number of nitrogens with zero attached hydrogens (tertiary/aromatic N) is 2. The van der Waals surface area contributed by atoms with Gasteiger partial charge in [-0.2, -0.15) is 0 Å². The molecular weight excluding hydrogens is 230 g/mol. The van der Waals surface area contributed by atoms with Crippen molar-refractivity contribution in [2.75, 3.05) is 40.3 Å². The lowest BCUT2D eigenvalue weighted by Crippen LogP contribution is -2.45. The van der Waals surface area contributed by atoms with E-state index in [2.05, 4.69) is 56.9 Å². The summed E-state index contributed by atoms with van der Waals surface area (Å²) < 4.78 is 0. The van der Waals surface area contributed by atoms with Crippen LogP contribution < -0.4 is 5.32 Å². The molecule has 17 heavy (non-hydrogen) atoms. The lowest BCUT2D eigenvalue weighted by atomic mass is 10.2. The van der Waals surface area contributed by atoms with Gasteiger partial charge in [-0.1, -0.05) is 27.7 Å². The van der Waals surface area contributed by atoms with Crippen molar-refractivity contribution in [3.8, 4) is 0 Å². The van der Waals surface area contributed by atoms with Crippen LogP contribution >= 0.6 is 12.2 Å². The Hall–Kier alpha value is -0.350.